The van der Waals surface area contributed by atoms with Gasteiger partial charge in [-0.1, -0.05) is 13.0 Å². The first kappa shape index (κ1) is 13.7. The van der Waals surface area contributed by atoms with Crippen molar-refractivity contribution < 1.29 is 24.0 Å². The van der Waals surface area contributed by atoms with Crippen LogP contribution >= 0.6 is 0 Å². The first-order valence-corrected chi connectivity index (χ1v) is 7.92. The largest absolute Gasteiger partial charge is 0.429 e. The van der Waals surface area contributed by atoms with Crippen LogP contribution in [0.3, 0.4) is 0 Å². The third-order valence-electron chi connectivity index (χ3n) is 5.85. The Morgan fingerprint density at radius 2 is 2.05 bits per heavy atom. The molecule has 1 spiro atoms. The van der Waals surface area contributed by atoms with E-state index in [4.69, 9.17) is 19.2 Å². The molecule has 0 aromatic rings. The molecule has 1 unspecified atom stereocenters. The van der Waals surface area contributed by atoms with Crippen LogP contribution < -0.4 is 0 Å². The van der Waals surface area contributed by atoms with Gasteiger partial charge in [-0.15, -0.1) is 0 Å². The number of rotatable bonds is 0. The summed E-state index contributed by atoms with van der Waals surface area (Å²) in [5.41, 5.74) is 0.0320. The maximum Gasteiger partial charge on any atom is 0.336 e. The Morgan fingerprint density at radius 1 is 1.24 bits per heavy atom. The molecule has 5 nitrogen and oxygen atoms in total. The number of ether oxygens (including phenoxy) is 2. The van der Waals surface area contributed by atoms with Gasteiger partial charge >= 0.3 is 5.97 Å². The maximum absolute atomic E-state index is 12.3. The molecule has 0 N–H and O–H groups in total. The fourth-order valence-corrected chi connectivity index (χ4v) is 4.73. The molecule has 4 aliphatic heterocycles. The van der Waals surface area contributed by atoms with Crippen molar-refractivity contribution in [1.82, 2.24) is 0 Å². The number of carbonyl (C=O) groups excluding carboxylic acids is 1. The van der Waals surface area contributed by atoms with Gasteiger partial charge in [0.1, 0.15) is 0 Å². The number of allylic oxidation sites excluding steroid dienone is 1. The Kier molecular flexibility index (Phi) is 2.82. The van der Waals surface area contributed by atoms with Crippen LogP contribution in [0.2, 0.25) is 0 Å². The Balaban J connectivity index is 1.87. The van der Waals surface area contributed by atoms with Crippen LogP contribution in [0, 0.1) is 17.8 Å². The fraction of sp³-hybridized carbons (Fsp3) is 0.812. The summed E-state index contributed by atoms with van der Waals surface area (Å²) >= 11 is 0. The van der Waals surface area contributed by atoms with Crippen LogP contribution in [0.1, 0.15) is 46.5 Å². The summed E-state index contributed by atoms with van der Waals surface area (Å²) in [5, 5.41) is 0. The van der Waals surface area contributed by atoms with Crippen LogP contribution in [-0.2, 0) is 24.0 Å². The number of hydrogen-bond acceptors (Lipinski definition) is 5. The van der Waals surface area contributed by atoms with Gasteiger partial charge in [0, 0.05) is 23.8 Å². The number of fused-ring (bicyclic) bond motifs is 2. The lowest BCUT2D eigenvalue weighted by molar-refractivity contribution is -0.554. The van der Waals surface area contributed by atoms with Crippen LogP contribution in [0.5, 0.6) is 0 Å². The summed E-state index contributed by atoms with van der Waals surface area (Å²) in [6.07, 6.45) is 4.93. The Hall–Kier alpha value is -0.910. The van der Waals surface area contributed by atoms with Gasteiger partial charge in [0.05, 0.1) is 0 Å². The third-order valence-corrected chi connectivity index (χ3v) is 5.85. The lowest BCUT2D eigenvalue weighted by atomic mass is 9.59. The number of carbonyl (C=O) groups is 1. The lowest BCUT2D eigenvalue weighted by Gasteiger charge is -2.56. The highest BCUT2D eigenvalue weighted by atomic mass is 17.3. The second-order valence-electron chi connectivity index (χ2n) is 7.01. The normalized spacial score (nSPS) is 54.0. The Morgan fingerprint density at radius 3 is 2.81 bits per heavy atom. The topological polar surface area (TPSA) is 54.0 Å². The van der Waals surface area contributed by atoms with E-state index in [0.29, 0.717) is 11.5 Å². The molecular weight excluding hydrogens is 272 g/mol. The molecule has 0 aromatic heterocycles. The summed E-state index contributed by atoms with van der Waals surface area (Å²) in [6.45, 7) is 5.99. The van der Waals surface area contributed by atoms with Gasteiger partial charge in [0.25, 0.3) is 0 Å². The second-order valence-corrected chi connectivity index (χ2v) is 7.01. The minimum absolute atomic E-state index is 0.00222. The summed E-state index contributed by atoms with van der Waals surface area (Å²) in [6, 6.07) is 0. The minimum Gasteiger partial charge on any atom is -0.429 e. The quantitative estimate of drug-likeness (QED) is 0.390. The van der Waals surface area contributed by atoms with E-state index in [1.807, 2.05) is 19.9 Å². The molecule has 2 bridgehead atoms. The zero-order valence-electron chi connectivity index (χ0n) is 12.8. The molecule has 1 saturated carbocycles. The molecule has 0 radical (unpaired) electrons. The highest BCUT2D eigenvalue weighted by Crippen LogP contribution is 2.59. The number of esters is 1. The van der Waals surface area contributed by atoms with Crippen LogP contribution in [0.25, 0.3) is 0 Å². The predicted molar refractivity (Wildman–Crippen MR) is 72.6 cm³/mol. The molecule has 6 atom stereocenters. The van der Waals surface area contributed by atoms with Gasteiger partial charge in [-0.25, -0.2) is 14.6 Å². The molecule has 5 aliphatic rings. The molecule has 4 saturated heterocycles. The maximum atomic E-state index is 12.3. The number of hydrogen-bond donors (Lipinski definition) is 0. The van der Waals surface area contributed by atoms with Gasteiger partial charge in [-0.3, -0.25) is 0 Å². The fourth-order valence-electron chi connectivity index (χ4n) is 4.73. The first-order valence-electron chi connectivity index (χ1n) is 7.92. The van der Waals surface area contributed by atoms with E-state index >= 15 is 0 Å². The first-order chi connectivity index (χ1) is 10.00. The Labute approximate surface area is 124 Å². The lowest BCUT2D eigenvalue weighted by Crippen LogP contribution is -2.68. The van der Waals surface area contributed by atoms with Crippen LogP contribution in [-0.4, -0.2) is 23.6 Å². The van der Waals surface area contributed by atoms with Gasteiger partial charge in [0.15, 0.2) is 5.60 Å². The van der Waals surface area contributed by atoms with Gasteiger partial charge in [-0.2, -0.15) is 0 Å². The van der Waals surface area contributed by atoms with E-state index in [-0.39, 0.29) is 17.8 Å². The molecule has 116 valence electrons. The summed E-state index contributed by atoms with van der Waals surface area (Å²) < 4.78 is 11.6. The van der Waals surface area contributed by atoms with Gasteiger partial charge < -0.3 is 9.47 Å². The standard InChI is InChI=1S/C16H22O5/c1-4-10-12-6-5-9(2)11-7-8-15(3)19-14(18-13(10)17)16(11,12)21-20-15/h4,9,11-12,14H,5-8H2,1-3H3/b10-4-/t9-,11?,12+,14-,15-,16-/m1/s1. The summed E-state index contributed by atoms with van der Waals surface area (Å²) in [5.74, 6) is -0.297. The van der Waals surface area contributed by atoms with Crippen molar-refractivity contribution in [2.45, 2.75) is 64.1 Å². The van der Waals surface area contributed by atoms with Gasteiger partial charge in [0.2, 0.25) is 12.1 Å². The molecular formula is C16H22O5. The smallest absolute Gasteiger partial charge is 0.336 e. The molecule has 0 amide bonds. The van der Waals surface area contributed by atoms with Crippen molar-refractivity contribution in [3.8, 4) is 0 Å². The van der Waals surface area contributed by atoms with E-state index in [9.17, 15) is 4.79 Å². The molecule has 0 aromatic carbocycles. The highest BCUT2D eigenvalue weighted by Gasteiger charge is 2.69. The van der Waals surface area contributed by atoms with E-state index < -0.39 is 17.7 Å². The summed E-state index contributed by atoms with van der Waals surface area (Å²) in [4.78, 5) is 23.9. The van der Waals surface area contributed by atoms with E-state index in [1.54, 1.807) is 0 Å². The van der Waals surface area contributed by atoms with Crippen molar-refractivity contribution in [3.63, 3.8) is 0 Å². The summed E-state index contributed by atoms with van der Waals surface area (Å²) in [7, 11) is 0. The molecule has 5 rings (SSSR count). The average Bonchev–Trinajstić information content (AvgIpc) is 2.67. The molecule has 21 heavy (non-hydrogen) atoms. The van der Waals surface area contributed by atoms with Crippen molar-refractivity contribution in [1.29, 1.82) is 0 Å². The minimum atomic E-state index is -0.814. The SMILES string of the molecule is C/C=C1\C(=O)O[C@@H]2O[C@@]3(C)CCC4[C@H](C)CC[C@@H]1[C@]42OO3. The predicted octanol–water partition coefficient (Wildman–Crippen LogP) is 2.71. The van der Waals surface area contributed by atoms with Gasteiger partial charge in [-0.05, 0) is 39.0 Å². The Bertz CT molecular complexity index is 515. The van der Waals surface area contributed by atoms with Crippen LogP contribution in [0.4, 0.5) is 0 Å². The zero-order valence-corrected chi connectivity index (χ0v) is 12.8. The average molecular weight is 294 g/mol. The molecule has 5 fully saturated rings. The zero-order chi connectivity index (χ0) is 14.8. The molecule has 4 heterocycles. The third kappa shape index (κ3) is 1.65. The molecule has 1 aliphatic carbocycles. The highest BCUT2D eigenvalue weighted by molar-refractivity contribution is 5.90. The van der Waals surface area contributed by atoms with E-state index in [1.165, 1.54) is 0 Å². The molecule has 5 heteroatoms. The monoisotopic (exact) mass is 294 g/mol. The second kappa shape index (κ2) is 4.31. The van der Waals surface area contributed by atoms with Crippen molar-refractivity contribution in [3.05, 3.63) is 11.6 Å². The van der Waals surface area contributed by atoms with Crippen molar-refractivity contribution in [2.24, 2.45) is 17.8 Å². The van der Waals surface area contributed by atoms with Crippen molar-refractivity contribution >= 4 is 5.97 Å². The van der Waals surface area contributed by atoms with Crippen molar-refractivity contribution in [2.75, 3.05) is 0 Å². The van der Waals surface area contributed by atoms with E-state index in [2.05, 4.69) is 6.92 Å². The van der Waals surface area contributed by atoms with E-state index in [0.717, 1.165) is 25.7 Å². The van der Waals surface area contributed by atoms with Crippen LogP contribution in [0.15, 0.2) is 11.6 Å².